The van der Waals surface area contributed by atoms with Gasteiger partial charge in [-0.15, -0.1) is 5.92 Å². The Hall–Kier alpha value is -2.00. The number of hydrogen-bond donors (Lipinski definition) is 0. The van der Waals surface area contributed by atoms with Crippen LogP contribution in [-0.4, -0.2) is 0 Å². The molecule has 0 saturated heterocycles. The van der Waals surface area contributed by atoms with Crippen molar-refractivity contribution in [2.24, 2.45) is 0 Å². The molecule has 2 rings (SSSR count). The summed E-state index contributed by atoms with van der Waals surface area (Å²) in [5.74, 6) is 5.95. The fourth-order valence-corrected chi connectivity index (χ4v) is 1.71. The van der Waals surface area contributed by atoms with Gasteiger partial charge in [0.2, 0.25) is 0 Å². The Kier molecular flexibility index (Phi) is 3.08. The summed E-state index contributed by atoms with van der Waals surface area (Å²) in [5.41, 5.74) is 4.86. The van der Waals surface area contributed by atoms with Crippen molar-refractivity contribution in [1.82, 2.24) is 0 Å². The molecular formula is C16H14. The van der Waals surface area contributed by atoms with Crippen molar-refractivity contribution in [1.29, 1.82) is 0 Å². The van der Waals surface area contributed by atoms with Gasteiger partial charge < -0.3 is 0 Å². The summed E-state index contributed by atoms with van der Waals surface area (Å²) in [6.07, 6.45) is 0. The fraction of sp³-hybridized carbons (Fsp3) is 0.125. The highest BCUT2D eigenvalue weighted by molar-refractivity contribution is 5.65. The van der Waals surface area contributed by atoms with Gasteiger partial charge in [0.1, 0.15) is 0 Å². The topological polar surface area (TPSA) is 0 Å². The molecule has 0 N–H and O–H groups in total. The monoisotopic (exact) mass is 206 g/mol. The molecule has 2 aromatic rings. The van der Waals surface area contributed by atoms with Crippen LogP contribution in [0.2, 0.25) is 0 Å². The molecule has 16 heavy (non-hydrogen) atoms. The Morgan fingerprint density at radius 1 is 0.875 bits per heavy atom. The van der Waals surface area contributed by atoms with E-state index in [9.17, 15) is 0 Å². The minimum atomic E-state index is 1.07. The smallest absolute Gasteiger partial charge is 0.0245 e. The summed E-state index contributed by atoms with van der Waals surface area (Å²) in [6, 6.07) is 16.9. The number of benzene rings is 2. The zero-order valence-electron chi connectivity index (χ0n) is 9.62. The van der Waals surface area contributed by atoms with Gasteiger partial charge in [0.25, 0.3) is 0 Å². The predicted molar refractivity (Wildman–Crippen MR) is 69.2 cm³/mol. The van der Waals surface area contributed by atoms with Gasteiger partial charge in [0.05, 0.1) is 0 Å². The van der Waals surface area contributed by atoms with Crippen LogP contribution in [0.5, 0.6) is 0 Å². The van der Waals surface area contributed by atoms with Crippen molar-refractivity contribution in [3.63, 3.8) is 0 Å². The van der Waals surface area contributed by atoms with Crippen molar-refractivity contribution < 1.29 is 0 Å². The second kappa shape index (κ2) is 4.68. The highest BCUT2D eigenvalue weighted by Crippen LogP contribution is 2.20. The summed E-state index contributed by atoms with van der Waals surface area (Å²) < 4.78 is 0. The summed E-state index contributed by atoms with van der Waals surface area (Å²) in [6.45, 7) is 3.97. The lowest BCUT2D eigenvalue weighted by Crippen LogP contribution is -1.80. The molecule has 0 bridgehead atoms. The third kappa shape index (κ3) is 2.32. The molecular weight excluding hydrogens is 192 g/mol. The van der Waals surface area contributed by atoms with Crippen LogP contribution in [0.15, 0.2) is 48.5 Å². The van der Waals surface area contributed by atoms with Gasteiger partial charge in [-0.2, -0.15) is 0 Å². The van der Waals surface area contributed by atoms with Gasteiger partial charge in [-0.1, -0.05) is 47.9 Å². The van der Waals surface area contributed by atoms with E-state index in [4.69, 9.17) is 0 Å². The lowest BCUT2D eigenvalue weighted by atomic mass is 10.0. The molecule has 2 aromatic carbocycles. The maximum atomic E-state index is 3.05. The Balaban J connectivity index is 2.37. The van der Waals surface area contributed by atoms with Gasteiger partial charge in [-0.25, -0.2) is 0 Å². The molecule has 0 aromatic heterocycles. The highest BCUT2D eigenvalue weighted by atomic mass is 14.0. The molecule has 0 heteroatoms. The molecule has 0 aliphatic rings. The molecule has 0 unspecified atom stereocenters. The summed E-state index contributed by atoms with van der Waals surface area (Å²) in [5, 5.41) is 0. The highest BCUT2D eigenvalue weighted by Gasteiger charge is 1.96. The third-order valence-corrected chi connectivity index (χ3v) is 2.51. The average Bonchev–Trinajstić information content (AvgIpc) is 2.30. The first-order valence-corrected chi connectivity index (χ1v) is 5.39. The Labute approximate surface area is 96.9 Å². The molecule has 0 spiro atoms. The molecule has 0 amide bonds. The minimum absolute atomic E-state index is 1.07. The van der Waals surface area contributed by atoms with Crippen molar-refractivity contribution >= 4 is 0 Å². The van der Waals surface area contributed by atoms with Crippen LogP contribution in [-0.2, 0) is 0 Å². The van der Waals surface area contributed by atoms with Gasteiger partial charge in [0, 0.05) is 5.56 Å². The second-order valence-corrected chi connectivity index (χ2v) is 3.82. The van der Waals surface area contributed by atoms with Gasteiger partial charge >= 0.3 is 0 Å². The van der Waals surface area contributed by atoms with Crippen LogP contribution in [0.4, 0.5) is 0 Å². The third-order valence-electron chi connectivity index (χ3n) is 2.51. The van der Waals surface area contributed by atoms with Crippen LogP contribution in [0.1, 0.15) is 18.1 Å². The first-order valence-electron chi connectivity index (χ1n) is 5.39. The summed E-state index contributed by atoms with van der Waals surface area (Å²) in [7, 11) is 0. The summed E-state index contributed by atoms with van der Waals surface area (Å²) in [4.78, 5) is 0. The van der Waals surface area contributed by atoms with E-state index < -0.39 is 0 Å². The van der Waals surface area contributed by atoms with Crippen molar-refractivity contribution in [2.45, 2.75) is 13.8 Å². The maximum absolute atomic E-state index is 3.05. The van der Waals surface area contributed by atoms with E-state index in [1.165, 1.54) is 16.7 Å². The Morgan fingerprint density at radius 2 is 1.62 bits per heavy atom. The van der Waals surface area contributed by atoms with E-state index in [1.54, 1.807) is 0 Å². The molecule has 0 radical (unpaired) electrons. The van der Waals surface area contributed by atoms with Crippen LogP contribution in [0.3, 0.4) is 0 Å². The molecule has 0 fully saturated rings. The van der Waals surface area contributed by atoms with Crippen LogP contribution < -0.4 is 0 Å². The van der Waals surface area contributed by atoms with Crippen LogP contribution in [0.25, 0.3) is 11.1 Å². The number of hydrogen-bond acceptors (Lipinski definition) is 0. The van der Waals surface area contributed by atoms with Crippen molar-refractivity contribution in [2.75, 3.05) is 0 Å². The maximum Gasteiger partial charge on any atom is 0.0245 e. The Morgan fingerprint density at radius 3 is 2.25 bits per heavy atom. The van der Waals surface area contributed by atoms with Gasteiger partial charge in [-0.05, 0) is 37.1 Å². The van der Waals surface area contributed by atoms with E-state index >= 15 is 0 Å². The van der Waals surface area contributed by atoms with E-state index in [0.29, 0.717) is 0 Å². The molecule has 0 aliphatic heterocycles. The normalized spacial score (nSPS) is 9.38. The quantitative estimate of drug-likeness (QED) is 0.618. The first-order chi connectivity index (χ1) is 7.79. The van der Waals surface area contributed by atoms with E-state index in [1.807, 2.05) is 6.92 Å². The average molecular weight is 206 g/mol. The van der Waals surface area contributed by atoms with Crippen LogP contribution in [0, 0.1) is 18.8 Å². The van der Waals surface area contributed by atoms with E-state index in [0.717, 1.165) is 5.56 Å². The number of rotatable bonds is 1. The van der Waals surface area contributed by atoms with Crippen molar-refractivity contribution in [3.8, 4) is 23.0 Å². The van der Waals surface area contributed by atoms with Crippen LogP contribution >= 0.6 is 0 Å². The molecule has 0 atom stereocenters. The zero-order valence-corrected chi connectivity index (χ0v) is 9.62. The van der Waals surface area contributed by atoms with E-state index in [2.05, 4.69) is 67.3 Å². The molecule has 0 heterocycles. The van der Waals surface area contributed by atoms with Gasteiger partial charge in [0.15, 0.2) is 0 Å². The van der Waals surface area contributed by atoms with Crippen molar-refractivity contribution in [3.05, 3.63) is 59.7 Å². The Bertz CT molecular complexity index is 536. The molecule has 0 saturated carbocycles. The molecule has 78 valence electrons. The molecule has 0 nitrogen and oxygen atoms in total. The summed E-state index contributed by atoms with van der Waals surface area (Å²) >= 11 is 0. The van der Waals surface area contributed by atoms with Gasteiger partial charge in [-0.3, -0.25) is 0 Å². The number of aryl methyl sites for hydroxylation is 1. The van der Waals surface area contributed by atoms with E-state index in [-0.39, 0.29) is 0 Å². The zero-order chi connectivity index (χ0) is 11.4. The largest absolute Gasteiger partial charge is 0.101 e. The fourth-order valence-electron chi connectivity index (χ4n) is 1.71. The second-order valence-electron chi connectivity index (χ2n) is 3.82. The standard InChI is InChI=1S/C16H14/c1-3-5-14-8-10-15(11-9-14)16-7-4-6-13(2)12-16/h4,6-12H,1-2H3. The lowest BCUT2D eigenvalue weighted by molar-refractivity contribution is 1.46. The first kappa shape index (κ1) is 10.5. The predicted octanol–water partition coefficient (Wildman–Crippen LogP) is 4.03. The lowest BCUT2D eigenvalue weighted by Gasteiger charge is -2.02. The SMILES string of the molecule is CC#Cc1ccc(-c2cccc(C)c2)cc1. The molecule has 0 aliphatic carbocycles. The minimum Gasteiger partial charge on any atom is -0.101 e.